The van der Waals surface area contributed by atoms with Crippen molar-refractivity contribution in [1.82, 2.24) is 19.8 Å². The van der Waals surface area contributed by atoms with Crippen molar-refractivity contribution in [3.8, 4) is 0 Å². The fraction of sp³-hybridized carbons (Fsp3) is 0.706. The number of nitrogens with zero attached hydrogens (tertiary/aromatic N) is 5. The number of anilines is 1. The van der Waals surface area contributed by atoms with Gasteiger partial charge in [0.05, 0.1) is 12.5 Å². The summed E-state index contributed by atoms with van der Waals surface area (Å²) < 4.78 is 5.19. The summed E-state index contributed by atoms with van der Waals surface area (Å²) in [6, 6.07) is 0.278. The molecule has 0 spiro atoms. The standard InChI is InChI=1S/C17H27N5O3/c1-13-7-18-17(19-8-13)22-4-3-21-10-14(16(23)24)9-20(5-6-25-2)11-15(21)12-22/h7-8,14-15H,3-6,9-12H2,1-2H3,(H,23,24)/t14-,15+/m0/s1. The first-order valence-corrected chi connectivity index (χ1v) is 8.78. The van der Waals surface area contributed by atoms with Crippen molar-refractivity contribution in [3.05, 3.63) is 18.0 Å². The molecule has 0 aliphatic carbocycles. The molecule has 8 nitrogen and oxygen atoms in total. The maximum absolute atomic E-state index is 11.6. The Hall–Kier alpha value is -1.77. The number of aliphatic carboxylic acids is 1. The summed E-state index contributed by atoms with van der Waals surface area (Å²) in [5, 5.41) is 9.54. The summed E-state index contributed by atoms with van der Waals surface area (Å²) in [6.07, 6.45) is 3.68. The van der Waals surface area contributed by atoms with E-state index in [1.54, 1.807) is 7.11 Å². The molecule has 3 heterocycles. The zero-order valence-corrected chi connectivity index (χ0v) is 15.0. The lowest BCUT2D eigenvalue weighted by atomic mass is 10.1. The van der Waals surface area contributed by atoms with Gasteiger partial charge in [-0.1, -0.05) is 0 Å². The fourth-order valence-electron chi connectivity index (χ4n) is 3.62. The second kappa shape index (κ2) is 8.07. The predicted molar refractivity (Wildman–Crippen MR) is 93.8 cm³/mol. The smallest absolute Gasteiger partial charge is 0.309 e. The average Bonchev–Trinajstić information content (AvgIpc) is 2.79. The number of hydrogen-bond acceptors (Lipinski definition) is 7. The molecule has 0 bridgehead atoms. The van der Waals surface area contributed by atoms with Gasteiger partial charge in [-0.2, -0.15) is 0 Å². The number of aryl methyl sites for hydroxylation is 1. The normalized spacial score (nSPS) is 25.4. The highest BCUT2D eigenvalue weighted by Crippen LogP contribution is 2.21. The summed E-state index contributed by atoms with van der Waals surface area (Å²) in [5.74, 6) is -0.316. The maximum Gasteiger partial charge on any atom is 0.309 e. The number of carboxylic acids is 1. The minimum absolute atomic E-state index is 0.278. The summed E-state index contributed by atoms with van der Waals surface area (Å²) in [6.45, 7) is 7.85. The molecule has 2 aliphatic heterocycles. The number of ether oxygens (including phenoxy) is 1. The molecule has 0 unspecified atom stereocenters. The van der Waals surface area contributed by atoms with E-state index in [-0.39, 0.29) is 12.0 Å². The van der Waals surface area contributed by atoms with Crippen molar-refractivity contribution in [2.45, 2.75) is 13.0 Å². The van der Waals surface area contributed by atoms with Crippen molar-refractivity contribution < 1.29 is 14.6 Å². The molecular weight excluding hydrogens is 322 g/mol. The third-order valence-electron chi connectivity index (χ3n) is 5.02. The second-order valence-corrected chi connectivity index (χ2v) is 6.94. The van der Waals surface area contributed by atoms with E-state index in [0.29, 0.717) is 19.7 Å². The Morgan fingerprint density at radius 3 is 2.68 bits per heavy atom. The minimum atomic E-state index is -0.715. The molecule has 0 radical (unpaired) electrons. The summed E-state index contributed by atoms with van der Waals surface area (Å²) in [5.41, 5.74) is 1.05. The Balaban J connectivity index is 1.72. The van der Waals surface area contributed by atoms with Crippen molar-refractivity contribution in [2.75, 3.05) is 64.4 Å². The van der Waals surface area contributed by atoms with E-state index in [1.165, 1.54) is 0 Å². The van der Waals surface area contributed by atoms with Crippen LogP contribution >= 0.6 is 0 Å². The quantitative estimate of drug-likeness (QED) is 0.792. The van der Waals surface area contributed by atoms with Gasteiger partial charge < -0.3 is 14.7 Å². The van der Waals surface area contributed by atoms with Gasteiger partial charge in [-0.3, -0.25) is 14.6 Å². The molecular formula is C17H27N5O3. The SMILES string of the molecule is COCCN1C[C@H](C(=O)O)CN2CCN(c3ncc(C)cn3)C[C@H]2C1. The van der Waals surface area contributed by atoms with E-state index < -0.39 is 5.97 Å². The highest BCUT2D eigenvalue weighted by atomic mass is 16.5. The van der Waals surface area contributed by atoms with Crippen LogP contribution in [0.2, 0.25) is 0 Å². The molecule has 25 heavy (non-hydrogen) atoms. The predicted octanol–water partition coefficient (Wildman–Crippen LogP) is -0.0616. The molecule has 2 atom stereocenters. The molecule has 3 rings (SSSR count). The van der Waals surface area contributed by atoms with Crippen molar-refractivity contribution in [3.63, 3.8) is 0 Å². The Bertz CT molecular complexity index is 582. The summed E-state index contributed by atoms with van der Waals surface area (Å²) in [4.78, 5) is 27.2. The third-order valence-corrected chi connectivity index (χ3v) is 5.02. The number of aromatic nitrogens is 2. The molecule has 2 saturated heterocycles. The molecule has 2 fully saturated rings. The number of methoxy groups -OCH3 is 1. The molecule has 1 N–H and O–H groups in total. The van der Waals surface area contributed by atoms with Gasteiger partial charge in [0, 0.05) is 71.4 Å². The lowest BCUT2D eigenvalue weighted by molar-refractivity contribution is -0.142. The Kier molecular flexibility index (Phi) is 5.82. The number of piperazine rings is 1. The third kappa shape index (κ3) is 4.45. The molecule has 0 saturated carbocycles. The molecule has 1 aromatic heterocycles. The fourth-order valence-corrected chi connectivity index (χ4v) is 3.62. The van der Waals surface area contributed by atoms with Gasteiger partial charge in [0.1, 0.15) is 0 Å². The van der Waals surface area contributed by atoms with Gasteiger partial charge in [-0.25, -0.2) is 9.97 Å². The molecule has 8 heteroatoms. The van der Waals surface area contributed by atoms with Gasteiger partial charge in [-0.15, -0.1) is 0 Å². The van der Waals surface area contributed by atoms with Crippen LogP contribution in [-0.4, -0.2) is 96.4 Å². The van der Waals surface area contributed by atoms with E-state index in [9.17, 15) is 9.90 Å². The van der Waals surface area contributed by atoms with Crippen LogP contribution in [0.25, 0.3) is 0 Å². The highest BCUT2D eigenvalue weighted by molar-refractivity contribution is 5.70. The van der Waals surface area contributed by atoms with Gasteiger partial charge in [0.15, 0.2) is 0 Å². The van der Waals surface area contributed by atoms with Gasteiger partial charge >= 0.3 is 5.97 Å². The molecule has 1 aromatic rings. The van der Waals surface area contributed by atoms with Crippen molar-refractivity contribution in [1.29, 1.82) is 0 Å². The van der Waals surface area contributed by atoms with Crippen LogP contribution in [0.3, 0.4) is 0 Å². The van der Waals surface area contributed by atoms with Crippen LogP contribution in [-0.2, 0) is 9.53 Å². The van der Waals surface area contributed by atoms with Crippen LogP contribution in [0.1, 0.15) is 5.56 Å². The van der Waals surface area contributed by atoms with Crippen LogP contribution < -0.4 is 4.90 Å². The minimum Gasteiger partial charge on any atom is -0.481 e. The lowest BCUT2D eigenvalue weighted by Gasteiger charge is -2.41. The molecule has 2 aliphatic rings. The number of fused-ring (bicyclic) bond motifs is 1. The highest BCUT2D eigenvalue weighted by Gasteiger charge is 2.36. The molecule has 138 valence electrons. The van der Waals surface area contributed by atoms with Gasteiger partial charge in [0.2, 0.25) is 5.95 Å². The molecule has 0 aromatic carbocycles. The van der Waals surface area contributed by atoms with Crippen LogP contribution in [0.5, 0.6) is 0 Å². The Morgan fingerprint density at radius 1 is 1.24 bits per heavy atom. The first-order valence-electron chi connectivity index (χ1n) is 8.78. The summed E-state index contributed by atoms with van der Waals surface area (Å²) in [7, 11) is 1.68. The topological polar surface area (TPSA) is 82.0 Å². The first-order chi connectivity index (χ1) is 12.1. The van der Waals surface area contributed by atoms with Crippen LogP contribution in [0.4, 0.5) is 5.95 Å². The zero-order chi connectivity index (χ0) is 17.8. The number of rotatable bonds is 5. The van der Waals surface area contributed by atoms with E-state index in [2.05, 4.69) is 24.7 Å². The van der Waals surface area contributed by atoms with Crippen LogP contribution in [0, 0.1) is 12.8 Å². The van der Waals surface area contributed by atoms with E-state index >= 15 is 0 Å². The van der Waals surface area contributed by atoms with E-state index in [1.807, 2.05) is 19.3 Å². The van der Waals surface area contributed by atoms with Gasteiger partial charge in [-0.05, 0) is 12.5 Å². The largest absolute Gasteiger partial charge is 0.481 e. The first kappa shape index (κ1) is 18.0. The van der Waals surface area contributed by atoms with Crippen LogP contribution in [0.15, 0.2) is 12.4 Å². The number of hydrogen-bond donors (Lipinski definition) is 1. The Labute approximate surface area is 148 Å². The number of carboxylic acid groups (broad SMARTS) is 1. The zero-order valence-electron chi connectivity index (χ0n) is 15.0. The maximum atomic E-state index is 11.6. The molecule has 0 amide bonds. The van der Waals surface area contributed by atoms with E-state index in [4.69, 9.17) is 4.74 Å². The summed E-state index contributed by atoms with van der Waals surface area (Å²) >= 11 is 0. The number of carbonyl (C=O) groups is 1. The average molecular weight is 349 g/mol. The van der Waals surface area contributed by atoms with Crippen molar-refractivity contribution in [2.24, 2.45) is 5.92 Å². The Morgan fingerprint density at radius 2 is 2.00 bits per heavy atom. The van der Waals surface area contributed by atoms with Crippen molar-refractivity contribution >= 4 is 11.9 Å². The second-order valence-electron chi connectivity index (χ2n) is 6.94. The van der Waals surface area contributed by atoms with Gasteiger partial charge in [0.25, 0.3) is 0 Å². The van der Waals surface area contributed by atoms with E-state index in [0.717, 1.165) is 44.2 Å². The monoisotopic (exact) mass is 349 g/mol. The lowest BCUT2D eigenvalue weighted by Crippen LogP contribution is -2.56.